The van der Waals surface area contributed by atoms with Crippen molar-refractivity contribution in [2.75, 3.05) is 0 Å². The monoisotopic (exact) mass is 499 g/mol. The lowest BCUT2D eigenvalue weighted by molar-refractivity contribution is -0.190. The molecular formula is C22H29NO12. The van der Waals surface area contributed by atoms with Crippen molar-refractivity contribution in [1.82, 2.24) is 5.32 Å². The Kier molecular flexibility index (Phi) is 8.14. The van der Waals surface area contributed by atoms with Crippen LogP contribution in [0, 0.1) is 0 Å². The number of carbonyl (C=O) groups is 2. The summed E-state index contributed by atoms with van der Waals surface area (Å²) >= 11 is 0. The van der Waals surface area contributed by atoms with E-state index in [9.17, 15) is 50.4 Å². The molecule has 1 heterocycles. The van der Waals surface area contributed by atoms with Crippen LogP contribution in [-0.4, -0.2) is 114 Å². The molecule has 0 bridgehead atoms. The topological polar surface area (TPSA) is 226 Å². The van der Waals surface area contributed by atoms with Crippen LogP contribution in [0.2, 0.25) is 0 Å². The first-order valence-electron chi connectivity index (χ1n) is 10.7. The highest BCUT2D eigenvalue weighted by atomic mass is 16.7. The molecule has 8 unspecified atom stereocenters. The quantitative estimate of drug-likeness (QED) is 0.174. The van der Waals surface area contributed by atoms with E-state index in [1.165, 1.54) is 38.1 Å². The van der Waals surface area contributed by atoms with Gasteiger partial charge in [0.1, 0.15) is 48.8 Å². The second-order valence-corrected chi connectivity index (χ2v) is 8.64. The molecule has 1 amide bonds. The highest BCUT2D eigenvalue weighted by molar-refractivity contribution is 5.97. The molecule has 1 saturated carbocycles. The molecule has 8 atom stereocenters. The molecular weight excluding hydrogens is 470 g/mol. The Balaban J connectivity index is 1.68. The van der Waals surface area contributed by atoms with Gasteiger partial charge in [-0.1, -0.05) is 6.07 Å². The minimum Gasteiger partial charge on any atom is -0.504 e. The Hall–Kier alpha value is -2.62. The average molecular weight is 499 g/mol. The van der Waals surface area contributed by atoms with Crippen molar-refractivity contribution in [3.63, 3.8) is 0 Å². The van der Waals surface area contributed by atoms with E-state index >= 15 is 0 Å². The smallest absolute Gasteiger partial charge is 0.247 e. The maximum absolute atomic E-state index is 12.5. The third-order valence-electron chi connectivity index (χ3n) is 6.02. The lowest BCUT2D eigenvalue weighted by atomic mass is 9.83. The van der Waals surface area contributed by atoms with Gasteiger partial charge < -0.3 is 55.6 Å². The van der Waals surface area contributed by atoms with Gasteiger partial charge in [0.05, 0.1) is 6.04 Å². The lowest BCUT2D eigenvalue weighted by Gasteiger charge is -2.42. The number of carbonyl (C=O) groups excluding carboxylic acids is 2. The van der Waals surface area contributed by atoms with E-state index in [0.29, 0.717) is 5.56 Å². The molecule has 1 saturated heterocycles. The Bertz CT molecular complexity index is 967. The maximum atomic E-state index is 12.5. The second kappa shape index (κ2) is 10.6. The van der Waals surface area contributed by atoms with E-state index in [2.05, 4.69) is 5.32 Å². The highest BCUT2D eigenvalue weighted by Crippen LogP contribution is 2.32. The van der Waals surface area contributed by atoms with Crippen LogP contribution in [-0.2, 0) is 14.3 Å². The summed E-state index contributed by atoms with van der Waals surface area (Å²) < 4.78 is 10.6. The van der Waals surface area contributed by atoms with Gasteiger partial charge in [-0.05, 0) is 37.6 Å². The Morgan fingerprint density at radius 2 is 1.46 bits per heavy atom. The fraction of sp³-hybridized carbons (Fsp3) is 0.545. The number of ether oxygens (including phenoxy) is 2. The zero-order valence-electron chi connectivity index (χ0n) is 18.8. The Morgan fingerprint density at radius 3 is 1.97 bits per heavy atom. The molecule has 2 fully saturated rings. The zero-order valence-corrected chi connectivity index (χ0v) is 18.8. The number of hydrogen-bond donors (Lipinski definition) is 9. The highest BCUT2D eigenvalue weighted by Gasteiger charge is 2.49. The molecule has 194 valence electrons. The number of rotatable bonds is 6. The summed E-state index contributed by atoms with van der Waals surface area (Å²) in [6, 6.07) is 2.51. The van der Waals surface area contributed by atoms with Gasteiger partial charge in [0.2, 0.25) is 12.2 Å². The number of phenolic OH excluding ortho intramolecular Hbond substituents is 1. The molecule has 0 spiro atoms. The summed E-state index contributed by atoms with van der Waals surface area (Å²) in [5.41, 5.74) is 0.395. The third-order valence-corrected chi connectivity index (χ3v) is 6.02. The van der Waals surface area contributed by atoms with E-state index in [1.807, 2.05) is 0 Å². The molecule has 1 aromatic rings. The maximum Gasteiger partial charge on any atom is 0.247 e. The van der Waals surface area contributed by atoms with Gasteiger partial charge in [0.25, 0.3) is 0 Å². The molecule has 35 heavy (non-hydrogen) atoms. The number of benzene rings is 1. The Morgan fingerprint density at radius 1 is 0.886 bits per heavy atom. The largest absolute Gasteiger partial charge is 0.504 e. The number of aliphatic hydroxyl groups is 7. The van der Waals surface area contributed by atoms with Gasteiger partial charge >= 0.3 is 0 Å². The number of phenols is 1. The van der Waals surface area contributed by atoms with Crippen LogP contribution in [0.15, 0.2) is 23.8 Å². The first-order valence-corrected chi connectivity index (χ1v) is 10.7. The fourth-order valence-electron chi connectivity index (χ4n) is 3.91. The molecule has 1 aliphatic heterocycles. The van der Waals surface area contributed by atoms with Crippen molar-refractivity contribution in [3.8, 4) is 11.5 Å². The lowest BCUT2D eigenvalue weighted by Crippen LogP contribution is -2.68. The molecule has 3 rings (SSSR count). The second-order valence-electron chi connectivity index (χ2n) is 8.64. The third kappa shape index (κ3) is 5.47. The summed E-state index contributed by atoms with van der Waals surface area (Å²) in [6.45, 7) is 2.58. The molecule has 1 aromatic carbocycles. The molecule has 2 aliphatic rings. The minimum atomic E-state index is -1.79. The van der Waals surface area contributed by atoms with Gasteiger partial charge in [0, 0.05) is 5.57 Å². The molecule has 0 aromatic heterocycles. The summed E-state index contributed by atoms with van der Waals surface area (Å²) in [6.07, 6.45) is -13.2. The van der Waals surface area contributed by atoms with Crippen molar-refractivity contribution in [2.45, 2.75) is 75.0 Å². The standard InChI is InChI=1S/C22H29NO12/c1-7(21(33)23-12-13(26)15(28)17(30)16(29)14(12)27)5-9-3-4-11(10(25)6-9)34-22-19(32)18(31)20(35-22)8(2)24/h3-6,12-20,22,25-32H,1-2H3,(H,23,33). The van der Waals surface area contributed by atoms with Crippen LogP contribution in [0.4, 0.5) is 0 Å². The number of aromatic hydroxyl groups is 1. The average Bonchev–Trinajstić information content (AvgIpc) is 3.09. The van der Waals surface area contributed by atoms with Crippen molar-refractivity contribution < 1.29 is 59.9 Å². The predicted molar refractivity (Wildman–Crippen MR) is 116 cm³/mol. The van der Waals surface area contributed by atoms with Gasteiger partial charge in [-0.25, -0.2) is 0 Å². The fourth-order valence-corrected chi connectivity index (χ4v) is 3.91. The molecule has 0 radical (unpaired) electrons. The van der Waals surface area contributed by atoms with Gasteiger partial charge in [-0.2, -0.15) is 0 Å². The van der Waals surface area contributed by atoms with Crippen molar-refractivity contribution in [2.24, 2.45) is 0 Å². The molecule has 13 heteroatoms. The number of aliphatic hydroxyl groups excluding tert-OH is 7. The van der Waals surface area contributed by atoms with Crippen LogP contribution in [0.1, 0.15) is 19.4 Å². The Labute approximate surface area is 199 Å². The van der Waals surface area contributed by atoms with Gasteiger partial charge in [-0.15, -0.1) is 0 Å². The minimum absolute atomic E-state index is 0.0644. The zero-order chi connectivity index (χ0) is 26.2. The number of hydrogen-bond acceptors (Lipinski definition) is 12. The summed E-state index contributed by atoms with van der Waals surface area (Å²) in [4.78, 5) is 24.0. The van der Waals surface area contributed by atoms with E-state index in [1.54, 1.807) is 0 Å². The molecule has 9 N–H and O–H groups in total. The van der Waals surface area contributed by atoms with Crippen LogP contribution in [0.25, 0.3) is 6.08 Å². The SMILES string of the molecule is CC(=O)C1OC(Oc2ccc(C=C(C)C(=O)NC3C(O)C(O)C(O)C(O)C3O)cc2O)C(O)C1O. The van der Waals surface area contributed by atoms with Crippen molar-refractivity contribution >= 4 is 17.8 Å². The number of nitrogens with one attached hydrogen (secondary N) is 1. The first kappa shape index (κ1) is 27.0. The van der Waals surface area contributed by atoms with Crippen LogP contribution >= 0.6 is 0 Å². The van der Waals surface area contributed by atoms with Crippen LogP contribution < -0.4 is 10.1 Å². The van der Waals surface area contributed by atoms with E-state index in [-0.39, 0.29) is 11.3 Å². The first-order chi connectivity index (χ1) is 16.3. The van der Waals surface area contributed by atoms with Crippen molar-refractivity contribution in [1.29, 1.82) is 0 Å². The summed E-state index contributed by atoms with van der Waals surface area (Å²) in [5.74, 6) is -1.80. The van der Waals surface area contributed by atoms with E-state index in [4.69, 9.17) is 9.47 Å². The number of ketones is 1. The molecule has 1 aliphatic carbocycles. The van der Waals surface area contributed by atoms with Crippen LogP contribution in [0.3, 0.4) is 0 Å². The van der Waals surface area contributed by atoms with E-state index < -0.39 is 78.6 Å². The molecule has 13 nitrogen and oxygen atoms in total. The van der Waals surface area contributed by atoms with E-state index in [0.717, 1.165) is 0 Å². The predicted octanol–water partition coefficient (Wildman–Crippen LogP) is -3.49. The number of amides is 1. The van der Waals surface area contributed by atoms with Crippen LogP contribution in [0.5, 0.6) is 11.5 Å². The van der Waals surface area contributed by atoms with Crippen molar-refractivity contribution in [3.05, 3.63) is 29.3 Å². The normalized spacial score (nSPS) is 37.7. The summed E-state index contributed by atoms with van der Waals surface area (Å²) in [5, 5.41) is 81.8. The summed E-state index contributed by atoms with van der Waals surface area (Å²) in [7, 11) is 0. The van der Waals surface area contributed by atoms with Gasteiger partial charge in [-0.3, -0.25) is 9.59 Å². The number of Topliss-reactive ketones (excluding diaryl/α,β-unsaturated/α-hetero) is 1. The van der Waals surface area contributed by atoms with Gasteiger partial charge in [0.15, 0.2) is 17.3 Å².